The number of carbonyl (C=O) groups is 1. The van der Waals surface area contributed by atoms with Crippen molar-refractivity contribution < 1.29 is 17.9 Å². The van der Waals surface area contributed by atoms with E-state index in [0.717, 1.165) is 30.9 Å². The Morgan fingerprint density at radius 3 is 2.87 bits per heavy atom. The first kappa shape index (κ1) is 21.0. The molecule has 3 aliphatic heterocycles. The highest BCUT2D eigenvalue weighted by Crippen LogP contribution is 2.38. The summed E-state index contributed by atoms with van der Waals surface area (Å²) in [6, 6.07) is 4.81. The van der Waals surface area contributed by atoms with E-state index in [0.29, 0.717) is 43.5 Å². The maximum absolute atomic E-state index is 13.5. The molecule has 0 spiro atoms. The summed E-state index contributed by atoms with van der Waals surface area (Å²) in [5, 5.41) is 2.40. The molecule has 10 heteroatoms. The SMILES string of the molecule is CC1CC2CNNC2C(S(=O)(=O)N2CC[C@H]2C(=O)Nc2ccc3c(c2)OCCN3C)C1. The van der Waals surface area contributed by atoms with E-state index < -0.39 is 21.3 Å². The van der Waals surface area contributed by atoms with E-state index in [9.17, 15) is 13.2 Å². The number of rotatable bonds is 4. The summed E-state index contributed by atoms with van der Waals surface area (Å²) in [6.07, 6.45) is 2.19. The van der Waals surface area contributed by atoms with Gasteiger partial charge in [0.05, 0.1) is 17.5 Å². The lowest BCUT2D eigenvalue weighted by molar-refractivity contribution is -0.122. The largest absolute Gasteiger partial charge is 0.489 e. The molecule has 5 rings (SSSR count). The number of fused-ring (bicyclic) bond motifs is 2. The number of hydrogen-bond donors (Lipinski definition) is 3. The van der Waals surface area contributed by atoms with Crippen LogP contribution in [0.2, 0.25) is 0 Å². The van der Waals surface area contributed by atoms with E-state index in [2.05, 4.69) is 28.0 Å². The zero-order valence-electron chi connectivity index (χ0n) is 18.0. The molecule has 0 radical (unpaired) electrons. The molecule has 0 aromatic heterocycles. The lowest BCUT2D eigenvalue weighted by atomic mass is 9.79. The van der Waals surface area contributed by atoms with Crippen molar-refractivity contribution in [3.63, 3.8) is 0 Å². The monoisotopic (exact) mass is 449 g/mol. The molecule has 1 aromatic carbocycles. The van der Waals surface area contributed by atoms with Crippen LogP contribution in [0, 0.1) is 11.8 Å². The fourth-order valence-corrected chi connectivity index (χ4v) is 7.90. The first-order valence-corrected chi connectivity index (χ1v) is 12.6. The van der Waals surface area contributed by atoms with E-state index in [-0.39, 0.29) is 11.9 Å². The molecule has 1 aliphatic carbocycles. The summed E-state index contributed by atoms with van der Waals surface area (Å²) in [4.78, 5) is 15.1. The fourth-order valence-electron chi connectivity index (χ4n) is 5.41. The minimum atomic E-state index is -3.58. The van der Waals surface area contributed by atoms with E-state index in [1.165, 1.54) is 4.31 Å². The number of carbonyl (C=O) groups excluding carboxylic acids is 1. The first-order chi connectivity index (χ1) is 14.8. The summed E-state index contributed by atoms with van der Waals surface area (Å²) in [5.41, 5.74) is 7.91. The predicted octanol–water partition coefficient (Wildman–Crippen LogP) is 0.749. The van der Waals surface area contributed by atoms with Crippen LogP contribution >= 0.6 is 0 Å². The Morgan fingerprint density at radius 2 is 2.10 bits per heavy atom. The van der Waals surface area contributed by atoms with Gasteiger partial charge in [-0.3, -0.25) is 15.6 Å². The van der Waals surface area contributed by atoms with Crippen LogP contribution in [0.3, 0.4) is 0 Å². The van der Waals surface area contributed by atoms with Gasteiger partial charge in [0.25, 0.3) is 0 Å². The second-order valence-corrected chi connectivity index (χ2v) is 11.4. The van der Waals surface area contributed by atoms with Crippen LogP contribution in [0.5, 0.6) is 5.75 Å². The third-order valence-corrected chi connectivity index (χ3v) is 9.53. The van der Waals surface area contributed by atoms with Crippen molar-refractivity contribution in [2.24, 2.45) is 11.8 Å². The minimum Gasteiger partial charge on any atom is -0.489 e. The smallest absolute Gasteiger partial charge is 0.242 e. The Labute approximate surface area is 183 Å². The molecular formula is C21H31N5O4S. The Morgan fingerprint density at radius 1 is 1.26 bits per heavy atom. The number of likely N-dealkylation sites (N-methyl/N-ethyl adjacent to an activating group) is 1. The molecule has 4 aliphatic rings. The van der Waals surface area contributed by atoms with Crippen LogP contribution in [-0.2, 0) is 14.8 Å². The number of nitrogens with zero attached hydrogens (tertiary/aromatic N) is 2. The van der Waals surface area contributed by atoms with Crippen LogP contribution in [0.1, 0.15) is 26.2 Å². The average molecular weight is 450 g/mol. The molecule has 170 valence electrons. The molecule has 1 saturated carbocycles. The highest BCUT2D eigenvalue weighted by Gasteiger charge is 2.51. The number of anilines is 2. The zero-order chi connectivity index (χ0) is 21.8. The fraction of sp³-hybridized carbons (Fsp3) is 0.667. The topological polar surface area (TPSA) is 103 Å². The van der Waals surface area contributed by atoms with Gasteiger partial charge in [0.15, 0.2) is 0 Å². The summed E-state index contributed by atoms with van der Waals surface area (Å²) in [7, 11) is -1.58. The van der Waals surface area contributed by atoms with E-state index in [1.54, 1.807) is 0 Å². The normalized spacial score (nSPS) is 33.1. The van der Waals surface area contributed by atoms with Crippen LogP contribution in [0.25, 0.3) is 0 Å². The Hall–Kier alpha value is -1.88. The van der Waals surface area contributed by atoms with Crippen molar-refractivity contribution in [3.8, 4) is 5.75 Å². The van der Waals surface area contributed by atoms with Crippen LogP contribution in [0.4, 0.5) is 11.4 Å². The van der Waals surface area contributed by atoms with Gasteiger partial charge in [-0.25, -0.2) is 8.42 Å². The van der Waals surface area contributed by atoms with E-state index >= 15 is 0 Å². The van der Waals surface area contributed by atoms with Gasteiger partial charge in [0.2, 0.25) is 15.9 Å². The Bertz CT molecular complexity index is 971. The molecule has 3 N–H and O–H groups in total. The average Bonchev–Trinajstić information content (AvgIpc) is 3.14. The van der Waals surface area contributed by atoms with Crippen molar-refractivity contribution in [1.82, 2.24) is 15.2 Å². The molecule has 1 amide bonds. The van der Waals surface area contributed by atoms with Crippen molar-refractivity contribution in [2.45, 2.75) is 43.5 Å². The van der Waals surface area contributed by atoms with Gasteiger partial charge in [-0.2, -0.15) is 4.31 Å². The molecule has 9 nitrogen and oxygen atoms in total. The molecule has 2 saturated heterocycles. The number of sulfonamides is 1. The van der Waals surface area contributed by atoms with Crippen molar-refractivity contribution in [3.05, 3.63) is 18.2 Å². The molecule has 3 heterocycles. The summed E-state index contributed by atoms with van der Waals surface area (Å²) in [5.74, 6) is 1.11. The molecule has 0 bridgehead atoms. The van der Waals surface area contributed by atoms with Crippen molar-refractivity contribution in [2.75, 3.05) is 43.5 Å². The third kappa shape index (κ3) is 3.69. The van der Waals surface area contributed by atoms with Crippen LogP contribution < -0.4 is 25.8 Å². The Balaban J connectivity index is 1.30. The lowest BCUT2D eigenvalue weighted by Gasteiger charge is -2.44. The number of benzene rings is 1. The minimum absolute atomic E-state index is 0.0969. The highest BCUT2D eigenvalue weighted by atomic mass is 32.2. The van der Waals surface area contributed by atoms with Crippen molar-refractivity contribution >= 4 is 27.3 Å². The van der Waals surface area contributed by atoms with E-state index in [1.807, 2.05) is 25.2 Å². The second-order valence-electron chi connectivity index (χ2n) is 9.33. The van der Waals surface area contributed by atoms with Gasteiger partial charge < -0.3 is 15.0 Å². The second kappa shape index (κ2) is 7.91. The predicted molar refractivity (Wildman–Crippen MR) is 118 cm³/mol. The summed E-state index contributed by atoms with van der Waals surface area (Å²) in [6.45, 7) is 4.72. The highest BCUT2D eigenvalue weighted by molar-refractivity contribution is 7.89. The van der Waals surface area contributed by atoms with Gasteiger partial charge in [-0.1, -0.05) is 6.92 Å². The zero-order valence-corrected chi connectivity index (χ0v) is 18.8. The Kier molecular flexibility index (Phi) is 5.36. The number of ether oxygens (including phenoxy) is 1. The van der Waals surface area contributed by atoms with Gasteiger partial charge in [-0.05, 0) is 43.2 Å². The van der Waals surface area contributed by atoms with E-state index in [4.69, 9.17) is 4.74 Å². The molecule has 5 atom stereocenters. The summed E-state index contributed by atoms with van der Waals surface area (Å²) < 4.78 is 34.1. The standard InChI is InChI=1S/C21H31N5O4S/c1-13-9-14-12-22-24-20(14)19(10-13)31(28,29)26-6-5-17(26)21(27)23-15-3-4-16-18(11-15)30-8-7-25(16)2/h3-4,11,13-14,17,19-20,22,24H,5-10,12H2,1-2H3,(H,23,27)/t13?,14?,17-,19?,20?/m0/s1. The van der Waals surface area contributed by atoms with Gasteiger partial charge in [0, 0.05) is 37.9 Å². The maximum atomic E-state index is 13.5. The van der Waals surface area contributed by atoms with Crippen LogP contribution in [0.15, 0.2) is 18.2 Å². The molecular weight excluding hydrogens is 418 g/mol. The molecule has 3 fully saturated rings. The van der Waals surface area contributed by atoms with Gasteiger partial charge >= 0.3 is 0 Å². The first-order valence-electron chi connectivity index (χ1n) is 11.1. The number of hydrogen-bond acceptors (Lipinski definition) is 7. The van der Waals surface area contributed by atoms with Crippen LogP contribution in [-0.4, -0.2) is 69.3 Å². The third-order valence-electron chi connectivity index (χ3n) is 7.19. The number of nitrogens with one attached hydrogen (secondary N) is 3. The molecule has 31 heavy (non-hydrogen) atoms. The number of amides is 1. The maximum Gasteiger partial charge on any atom is 0.242 e. The summed E-state index contributed by atoms with van der Waals surface area (Å²) >= 11 is 0. The van der Waals surface area contributed by atoms with Gasteiger partial charge in [-0.15, -0.1) is 0 Å². The van der Waals surface area contributed by atoms with Gasteiger partial charge in [0.1, 0.15) is 18.4 Å². The number of hydrazine groups is 1. The quantitative estimate of drug-likeness (QED) is 0.623. The molecule has 1 aromatic rings. The molecule has 4 unspecified atom stereocenters. The lowest BCUT2D eigenvalue weighted by Crippen LogP contribution is -2.62. The van der Waals surface area contributed by atoms with Crippen molar-refractivity contribution in [1.29, 1.82) is 0 Å².